The van der Waals surface area contributed by atoms with Gasteiger partial charge in [-0.15, -0.1) is 0 Å². The van der Waals surface area contributed by atoms with Gasteiger partial charge in [0.05, 0.1) is 27.6 Å². The number of carbonyl (C=O) groups is 1. The lowest BCUT2D eigenvalue weighted by Gasteiger charge is -2.08. The zero-order valence-corrected chi connectivity index (χ0v) is 11.2. The van der Waals surface area contributed by atoms with E-state index in [1.165, 1.54) is 10.7 Å². The zero-order chi connectivity index (χ0) is 15.0. The van der Waals surface area contributed by atoms with E-state index in [9.17, 15) is 14.9 Å². The lowest BCUT2D eigenvalue weighted by Crippen LogP contribution is -2.05. The van der Waals surface area contributed by atoms with E-state index in [4.69, 9.17) is 5.11 Å². The Morgan fingerprint density at radius 1 is 1.35 bits per heavy atom. The van der Waals surface area contributed by atoms with Gasteiger partial charge in [0.15, 0.2) is 0 Å². The molecule has 104 valence electrons. The molecule has 1 heterocycles. The molecule has 0 fully saturated rings. The summed E-state index contributed by atoms with van der Waals surface area (Å²) in [6.45, 7) is 4.84. The number of carboxylic acids is 1. The molecule has 2 aromatic rings. The first-order valence-corrected chi connectivity index (χ1v) is 5.88. The third-order valence-corrected chi connectivity index (χ3v) is 3.21. The van der Waals surface area contributed by atoms with Gasteiger partial charge in [-0.25, -0.2) is 9.48 Å². The van der Waals surface area contributed by atoms with Crippen LogP contribution >= 0.6 is 0 Å². The highest BCUT2D eigenvalue weighted by Gasteiger charge is 2.21. The van der Waals surface area contributed by atoms with Crippen molar-refractivity contribution in [2.45, 2.75) is 20.8 Å². The Kier molecular flexibility index (Phi) is 3.27. The van der Waals surface area contributed by atoms with E-state index in [1.807, 2.05) is 0 Å². The number of hydrogen-bond acceptors (Lipinski definition) is 4. The molecule has 0 aliphatic rings. The molecule has 1 aromatic heterocycles. The minimum atomic E-state index is -1.06. The predicted molar refractivity (Wildman–Crippen MR) is 71.4 cm³/mol. The molecule has 1 aromatic carbocycles. The van der Waals surface area contributed by atoms with Crippen LogP contribution in [0.15, 0.2) is 18.2 Å². The second kappa shape index (κ2) is 4.76. The van der Waals surface area contributed by atoms with Gasteiger partial charge in [0.2, 0.25) is 0 Å². The largest absolute Gasteiger partial charge is 0.478 e. The number of aromatic carboxylic acids is 1. The third-order valence-electron chi connectivity index (χ3n) is 3.21. The van der Waals surface area contributed by atoms with E-state index >= 15 is 0 Å². The Morgan fingerprint density at radius 2 is 2.00 bits per heavy atom. The van der Waals surface area contributed by atoms with Crippen molar-refractivity contribution in [3.8, 4) is 5.69 Å². The highest BCUT2D eigenvalue weighted by atomic mass is 16.6. The van der Waals surface area contributed by atoms with Gasteiger partial charge in [0.1, 0.15) is 5.56 Å². The fourth-order valence-electron chi connectivity index (χ4n) is 2.23. The van der Waals surface area contributed by atoms with E-state index in [1.54, 1.807) is 32.9 Å². The fourth-order valence-corrected chi connectivity index (χ4v) is 2.23. The molecule has 0 spiro atoms. The summed E-state index contributed by atoms with van der Waals surface area (Å²) >= 11 is 0. The molecule has 7 heteroatoms. The second-order valence-corrected chi connectivity index (χ2v) is 4.44. The maximum atomic E-state index is 11.2. The number of aromatic nitrogens is 2. The number of carboxylic acid groups (broad SMARTS) is 1. The molecule has 0 aliphatic heterocycles. The first kappa shape index (κ1) is 13.7. The third kappa shape index (κ3) is 2.03. The summed E-state index contributed by atoms with van der Waals surface area (Å²) in [6.07, 6.45) is 0. The molecule has 0 amide bonds. The van der Waals surface area contributed by atoms with Crippen molar-refractivity contribution in [1.29, 1.82) is 0 Å². The number of benzene rings is 1. The average molecular weight is 275 g/mol. The zero-order valence-electron chi connectivity index (χ0n) is 11.2. The topological polar surface area (TPSA) is 98.3 Å². The summed E-state index contributed by atoms with van der Waals surface area (Å²) in [6, 6.07) is 4.63. The summed E-state index contributed by atoms with van der Waals surface area (Å²) < 4.78 is 1.43. The van der Waals surface area contributed by atoms with Crippen molar-refractivity contribution >= 4 is 11.7 Å². The summed E-state index contributed by atoms with van der Waals surface area (Å²) in [5.74, 6) is -1.06. The number of nitrogens with zero attached hydrogens (tertiary/aromatic N) is 3. The van der Waals surface area contributed by atoms with Gasteiger partial charge >= 0.3 is 5.97 Å². The molecule has 20 heavy (non-hydrogen) atoms. The number of aryl methyl sites for hydroxylation is 1. The number of nitro benzene ring substituents is 1. The van der Waals surface area contributed by atoms with Crippen molar-refractivity contribution < 1.29 is 14.8 Å². The molecule has 0 bridgehead atoms. The Morgan fingerprint density at radius 3 is 2.50 bits per heavy atom. The van der Waals surface area contributed by atoms with Gasteiger partial charge in [-0.2, -0.15) is 5.10 Å². The van der Waals surface area contributed by atoms with E-state index < -0.39 is 10.9 Å². The van der Waals surface area contributed by atoms with Crippen LogP contribution in [0.1, 0.15) is 27.3 Å². The van der Waals surface area contributed by atoms with Crippen LogP contribution in [0, 0.1) is 30.9 Å². The van der Waals surface area contributed by atoms with E-state index in [-0.39, 0.29) is 11.3 Å². The van der Waals surface area contributed by atoms with E-state index in [0.29, 0.717) is 22.6 Å². The van der Waals surface area contributed by atoms with E-state index in [0.717, 1.165) is 0 Å². The molecule has 0 aliphatic carbocycles. The van der Waals surface area contributed by atoms with Crippen LogP contribution in [-0.2, 0) is 0 Å². The Hall–Kier alpha value is -2.70. The van der Waals surface area contributed by atoms with Gasteiger partial charge in [0, 0.05) is 6.07 Å². The van der Waals surface area contributed by atoms with Crippen LogP contribution in [0.25, 0.3) is 5.69 Å². The summed E-state index contributed by atoms with van der Waals surface area (Å²) in [7, 11) is 0. The van der Waals surface area contributed by atoms with Crippen molar-refractivity contribution in [1.82, 2.24) is 9.78 Å². The number of rotatable bonds is 3. The minimum Gasteiger partial charge on any atom is -0.478 e. The van der Waals surface area contributed by atoms with Gasteiger partial charge in [-0.05, 0) is 26.8 Å². The number of nitro groups is 1. The highest BCUT2D eigenvalue weighted by molar-refractivity contribution is 5.90. The monoisotopic (exact) mass is 275 g/mol. The predicted octanol–water partition coefficient (Wildman–Crippen LogP) is 2.40. The molecular formula is C13H13N3O4. The highest BCUT2D eigenvalue weighted by Crippen LogP contribution is 2.26. The molecule has 0 unspecified atom stereocenters. The maximum absolute atomic E-state index is 11.2. The van der Waals surface area contributed by atoms with Crippen LogP contribution in [0.4, 0.5) is 5.69 Å². The number of hydrogen-bond donors (Lipinski definition) is 1. The lowest BCUT2D eigenvalue weighted by atomic mass is 10.1. The molecule has 0 saturated heterocycles. The van der Waals surface area contributed by atoms with Crippen molar-refractivity contribution in [3.63, 3.8) is 0 Å². The molecule has 2 rings (SSSR count). The van der Waals surface area contributed by atoms with Gasteiger partial charge in [0.25, 0.3) is 5.69 Å². The summed E-state index contributed by atoms with van der Waals surface area (Å²) in [5.41, 5.74) is 1.87. The molecular weight excluding hydrogens is 262 g/mol. The van der Waals surface area contributed by atoms with Crippen LogP contribution < -0.4 is 0 Å². The SMILES string of the molecule is Cc1nn(-c2cccc([N+](=O)[O-])c2C)c(C)c1C(=O)O. The van der Waals surface area contributed by atoms with Crippen LogP contribution in [0.2, 0.25) is 0 Å². The Labute approximate surface area is 114 Å². The molecule has 0 saturated carbocycles. The van der Waals surface area contributed by atoms with Gasteiger partial charge < -0.3 is 5.11 Å². The molecule has 0 radical (unpaired) electrons. The van der Waals surface area contributed by atoms with Gasteiger partial charge in [-0.1, -0.05) is 6.07 Å². The molecule has 0 atom stereocenters. The van der Waals surface area contributed by atoms with Crippen molar-refractivity contribution in [3.05, 3.63) is 50.8 Å². The smallest absolute Gasteiger partial charge is 0.339 e. The normalized spacial score (nSPS) is 10.6. The fraction of sp³-hybridized carbons (Fsp3) is 0.231. The molecule has 1 N–H and O–H groups in total. The van der Waals surface area contributed by atoms with E-state index in [2.05, 4.69) is 5.10 Å². The first-order chi connectivity index (χ1) is 9.34. The minimum absolute atomic E-state index is 0.0214. The van der Waals surface area contributed by atoms with Crippen LogP contribution in [0.3, 0.4) is 0 Å². The average Bonchev–Trinajstić information content (AvgIpc) is 2.64. The van der Waals surface area contributed by atoms with Gasteiger partial charge in [-0.3, -0.25) is 10.1 Å². The van der Waals surface area contributed by atoms with Crippen LogP contribution in [-0.4, -0.2) is 25.8 Å². The Balaban J connectivity index is 2.70. The summed E-state index contributed by atoms with van der Waals surface area (Å²) in [4.78, 5) is 21.7. The summed E-state index contributed by atoms with van der Waals surface area (Å²) in [5, 5.41) is 24.3. The second-order valence-electron chi connectivity index (χ2n) is 4.44. The molecule has 7 nitrogen and oxygen atoms in total. The van der Waals surface area contributed by atoms with Crippen molar-refractivity contribution in [2.75, 3.05) is 0 Å². The van der Waals surface area contributed by atoms with Crippen molar-refractivity contribution in [2.24, 2.45) is 0 Å². The lowest BCUT2D eigenvalue weighted by molar-refractivity contribution is -0.385. The first-order valence-electron chi connectivity index (χ1n) is 5.88. The standard InChI is InChI=1S/C13H13N3O4/c1-7-10(5-4-6-11(7)16(19)20)15-9(3)12(13(17)18)8(2)14-15/h4-6H,1-3H3,(H,17,18). The van der Waals surface area contributed by atoms with Crippen LogP contribution in [0.5, 0.6) is 0 Å². The maximum Gasteiger partial charge on any atom is 0.339 e. The quantitative estimate of drug-likeness (QED) is 0.685. The Bertz CT molecular complexity index is 719.